The molecule has 226 valence electrons. The highest BCUT2D eigenvalue weighted by Gasteiger charge is 2.34. The van der Waals surface area contributed by atoms with Crippen LogP contribution in [0, 0.1) is 0 Å². The van der Waals surface area contributed by atoms with E-state index >= 15 is 0 Å². The van der Waals surface area contributed by atoms with Crippen molar-refractivity contribution in [1.29, 1.82) is 0 Å². The Morgan fingerprint density at radius 2 is 1.62 bits per heavy atom. The molecular formula is C30H34Cl3N3O5S. The second-order valence-corrected chi connectivity index (χ2v) is 13.7. The first kappa shape index (κ1) is 33.5. The van der Waals surface area contributed by atoms with Crippen molar-refractivity contribution in [1.82, 2.24) is 10.2 Å². The van der Waals surface area contributed by atoms with Crippen LogP contribution in [0.1, 0.15) is 39.7 Å². The standard InChI is InChI=1S/C30H34Cl3N3O5S/c1-6-27(29(38)34-30(2,3)4)35(18-20-10-15-25(32)26(33)16-20)28(37)19-36(22-9-7-8-21(31)17-22)42(39,40)24-13-11-23(41-5)12-14-24/h7-17,27H,6,18-19H2,1-5H3,(H,34,38)/t27-/m0/s1. The van der Waals surface area contributed by atoms with Gasteiger partial charge in [0.1, 0.15) is 18.3 Å². The highest BCUT2D eigenvalue weighted by atomic mass is 35.5. The molecule has 0 aliphatic carbocycles. The van der Waals surface area contributed by atoms with Gasteiger partial charge in [0.2, 0.25) is 11.8 Å². The molecule has 0 radical (unpaired) electrons. The predicted octanol–water partition coefficient (Wildman–Crippen LogP) is 6.57. The van der Waals surface area contributed by atoms with Crippen LogP contribution in [0.15, 0.2) is 71.6 Å². The minimum atomic E-state index is -4.26. The minimum Gasteiger partial charge on any atom is -0.497 e. The molecular weight excluding hydrogens is 621 g/mol. The Hall–Kier alpha value is -2.98. The number of benzene rings is 3. The first-order chi connectivity index (χ1) is 19.7. The van der Waals surface area contributed by atoms with Gasteiger partial charge in [0.25, 0.3) is 10.0 Å². The lowest BCUT2D eigenvalue weighted by Crippen LogP contribution is -2.55. The van der Waals surface area contributed by atoms with E-state index in [0.29, 0.717) is 21.4 Å². The van der Waals surface area contributed by atoms with Crippen LogP contribution in [0.3, 0.4) is 0 Å². The van der Waals surface area contributed by atoms with Crippen molar-refractivity contribution in [3.05, 3.63) is 87.4 Å². The summed E-state index contributed by atoms with van der Waals surface area (Å²) in [4.78, 5) is 28.9. The van der Waals surface area contributed by atoms with E-state index in [4.69, 9.17) is 39.5 Å². The molecule has 0 saturated carbocycles. The van der Waals surface area contributed by atoms with Gasteiger partial charge in [-0.3, -0.25) is 13.9 Å². The van der Waals surface area contributed by atoms with Gasteiger partial charge in [-0.05, 0) is 87.4 Å². The zero-order valence-electron chi connectivity index (χ0n) is 24.0. The normalized spacial score (nSPS) is 12.4. The number of nitrogens with one attached hydrogen (secondary N) is 1. The maximum Gasteiger partial charge on any atom is 0.264 e. The third kappa shape index (κ3) is 8.53. The lowest BCUT2D eigenvalue weighted by Gasteiger charge is -2.34. The van der Waals surface area contributed by atoms with Crippen LogP contribution >= 0.6 is 34.8 Å². The maximum absolute atomic E-state index is 14.1. The number of ether oxygens (including phenoxy) is 1. The molecule has 0 aromatic heterocycles. The van der Waals surface area contributed by atoms with E-state index in [1.165, 1.54) is 42.3 Å². The summed E-state index contributed by atoms with van der Waals surface area (Å²) < 4.78 is 34.1. The van der Waals surface area contributed by atoms with Gasteiger partial charge in [0.15, 0.2) is 0 Å². The molecule has 0 fully saturated rings. The number of hydrogen-bond acceptors (Lipinski definition) is 5. The fraction of sp³-hybridized carbons (Fsp3) is 0.333. The Morgan fingerprint density at radius 3 is 2.17 bits per heavy atom. The summed E-state index contributed by atoms with van der Waals surface area (Å²) in [5, 5.41) is 3.85. The minimum absolute atomic E-state index is 0.0161. The zero-order chi connectivity index (χ0) is 31.2. The van der Waals surface area contributed by atoms with Crippen LogP contribution in [0.4, 0.5) is 5.69 Å². The molecule has 8 nitrogen and oxygen atoms in total. The van der Waals surface area contributed by atoms with Gasteiger partial charge in [-0.25, -0.2) is 8.42 Å². The molecule has 3 aromatic rings. The second kappa shape index (κ2) is 14.0. The van der Waals surface area contributed by atoms with Gasteiger partial charge in [-0.2, -0.15) is 0 Å². The number of halogens is 3. The van der Waals surface area contributed by atoms with Crippen molar-refractivity contribution in [2.24, 2.45) is 0 Å². The van der Waals surface area contributed by atoms with E-state index in [0.717, 1.165) is 4.31 Å². The molecule has 0 saturated heterocycles. The summed E-state index contributed by atoms with van der Waals surface area (Å²) in [6.45, 7) is 6.68. The zero-order valence-corrected chi connectivity index (χ0v) is 27.1. The monoisotopic (exact) mass is 653 g/mol. The topological polar surface area (TPSA) is 96.0 Å². The number of amides is 2. The molecule has 1 atom stereocenters. The lowest BCUT2D eigenvalue weighted by molar-refractivity contribution is -0.141. The van der Waals surface area contributed by atoms with E-state index in [2.05, 4.69) is 5.32 Å². The summed E-state index contributed by atoms with van der Waals surface area (Å²) in [5.41, 5.74) is 0.244. The molecule has 0 bridgehead atoms. The largest absolute Gasteiger partial charge is 0.497 e. The molecule has 12 heteroatoms. The molecule has 1 N–H and O–H groups in total. The molecule has 0 unspecified atom stereocenters. The molecule has 0 spiro atoms. The van der Waals surface area contributed by atoms with Gasteiger partial charge in [0.05, 0.1) is 27.7 Å². The molecule has 42 heavy (non-hydrogen) atoms. The SMILES string of the molecule is CC[C@@H](C(=O)NC(C)(C)C)N(Cc1ccc(Cl)c(Cl)c1)C(=O)CN(c1cccc(Cl)c1)S(=O)(=O)c1ccc(OC)cc1. The Bertz CT molecular complexity index is 1530. The molecule has 2 amide bonds. The summed E-state index contributed by atoms with van der Waals surface area (Å²) in [5.74, 6) is -0.498. The fourth-order valence-electron chi connectivity index (χ4n) is 4.24. The first-order valence-electron chi connectivity index (χ1n) is 13.1. The molecule has 0 aliphatic heterocycles. The highest BCUT2D eigenvalue weighted by Crippen LogP contribution is 2.29. The summed E-state index contributed by atoms with van der Waals surface area (Å²) in [6.07, 6.45) is 0.275. The van der Waals surface area contributed by atoms with Crippen LogP contribution < -0.4 is 14.4 Å². The van der Waals surface area contributed by atoms with Gasteiger partial charge in [0, 0.05) is 17.1 Å². The Labute approximate surface area is 262 Å². The molecule has 0 aliphatic rings. The van der Waals surface area contributed by atoms with Gasteiger partial charge in [-0.1, -0.05) is 53.9 Å². The molecule has 3 rings (SSSR count). The summed E-state index contributed by atoms with van der Waals surface area (Å²) in [7, 11) is -2.78. The maximum atomic E-state index is 14.1. The van der Waals surface area contributed by atoms with Crippen molar-refractivity contribution in [3.8, 4) is 5.75 Å². The summed E-state index contributed by atoms with van der Waals surface area (Å²) in [6, 6.07) is 16.1. The molecule has 3 aromatic carbocycles. The average molecular weight is 655 g/mol. The smallest absolute Gasteiger partial charge is 0.264 e. The van der Waals surface area contributed by atoms with Crippen LogP contribution in [0.2, 0.25) is 15.1 Å². The van der Waals surface area contributed by atoms with Crippen LogP contribution in [0.25, 0.3) is 0 Å². The van der Waals surface area contributed by atoms with E-state index in [-0.39, 0.29) is 34.5 Å². The van der Waals surface area contributed by atoms with Crippen molar-refractivity contribution >= 4 is 62.3 Å². The number of methoxy groups -OCH3 is 1. The number of carbonyl (C=O) groups is 2. The molecule has 0 heterocycles. The van der Waals surface area contributed by atoms with Gasteiger partial charge >= 0.3 is 0 Å². The Balaban J connectivity index is 2.09. The number of carbonyl (C=O) groups excluding carboxylic acids is 2. The number of sulfonamides is 1. The summed E-state index contributed by atoms with van der Waals surface area (Å²) >= 11 is 18.6. The van der Waals surface area contributed by atoms with Crippen molar-refractivity contribution < 1.29 is 22.7 Å². The van der Waals surface area contributed by atoms with Crippen molar-refractivity contribution in [2.75, 3.05) is 18.0 Å². The van der Waals surface area contributed by atoms with E-state index in [1.54, 1.807) is 43.3 Å². The van der Waals surface area contributed by atoms with E-state index in [1.807, 2.05) is 20.8 Å². The number of rotatable bonds is 11. The van der Waals surface area contributed by atoms with Crippen LogP contribution in [-0.2, 0) is 26.2 Å². The third-order valence-corrected chi connectivity index (χ3v) is 9.01. The average Bonchev–Trinajstić information content (AvgIpc) is 2.92. The fourth-order valence-corrected chi connectivity index (χ4v) is 6.15. The number of hydrogen-bond donors (Lipinski definition) is 1. The van der Waals surface area contributed by atoms with Gasteiger partial charge < -0.3 is 15.0 Å². The van der Waals surface area contributed by atoms with E-state index < -0.39 is 34.1 Å². The quantitative estimate of drug-likeness (QED) is 0.252. The Kier molecular flexibility index (Phi) is 11.2. The van der Waals surface area contributed by atoms with Crippen LogP contribution in [-0.4, -0.2) is 50.4 Å². The highest BCUT2D eigenvalue weighted by molar-refractivity contribution is 7.92. The van der Waals surface area contributed by atoms with Crippen molar-refractivity contribution in [3.63, 3.8) is 0 Å². The van der Waals surface area contributed by atoms with Crippen molar-refractivity contribution in [2.45, 2.75) is 57.1 Å². The third-order valence-electron chi connectivity index (χ3n) is 6.24. The van der Waals surface area contributed by atoms with Gasteiger partial charge in [-0.15, -0.1) is 0 Å². The number of nitrogens with zero attached hydrogens (tertiary/aromatic N) is 2. The van der Waals surface area contributed by atoms with Crippen LogP contribution in [0.5, 0.6) is 5.75 Å². The lowest BCUT2D eigenvalue weighted by atomic mass is 10.1. The number of anilines is 1. The first-order valence-corrected chi connectivity index (χ1v) is 15.7. The second-order valence-electron chi connectivity index (χ2n) is 10.6. The van der Waals surface area contributed by atoms with E-state index in [9.17, 15) is 18.0 Å². The predicted molar refractivity (Wildman–Crippen MR) is 168 cm³/mol. The Morgan fingerprint density at radius 1 is 0.952 bits per heavy atom.